The van der Waals surface area contributed by atoms with E-state index in [2.05, 4.69) is 48.1 Å². The first-order valence-electron chi connectivity index (χ1n) is 13.7. The summed E-state index contributed by atoms with van der Waals surface area (Å²) in [6.07, 6.45) is 15.6. The number of rotatable bonds is 2. The van der Waals surface area contributed by atoms with E-state index in [9.17, 15) is 5.11 Å². The highest BCUT2D eigenvalue weighted by molar-refractivity contribution is 5.21. The molecule has 0 aromatic carbocycles. The van der Waals surface area contributed by atoms with E-state index in [1.807, 2.05) is 0 Å². The average Bonchev–Trinajstić information content (AvgIpc) is 3.04. The standard InChI is InChI=1S/C30H50O/c1-20(19-31)21-11-16-27(4)22(21)12-17-29(6)24(27)9-10-25-28(5)15-8-14-26(2,3)23(28)13-18-30(25,29)7/h21-25,31H,1,8-19H2,2-7H3. The monoisotopic (exact) mass is 426 g/mol. The highest BCUT2D eigenvalue weighted by atomic mass is 16.3. The van der Waals surface area contributed by atoms with Gasteiger partial charge in [0.05, 0.1) is 6.61 Å². The van der Waals surface area contributed by atoms with Crippen molar-refractivity contribution in [1.29, 1.82) is 0 Å². The molecule has 176 valence electrons. The maximum Gasteiger partial charge on any atom is 0.0641 e. The summed E-state index contributed by atoms with van der Waals surface area (Å²) in [4.78, 5) is 0. The molecule has 1 heteroatoms. The van der Waals surface area contributed by atoms with Crippen LogP contribution in [-0.2, 0) is 0 Å². The van der Waals surface area contributed by atoms with Crippen molar-refractivity contribution in [2.24, 2.45) is 56.7 Å². The Bertz CT molecular complexity index is 752. The minimum atomic E-state index is 0.189. The smallest absolute Gasteiger partial charge is 0.0641 e. The highest BCUT2D eigenvalue weighted by Crippen LogP contribution is 2.77. The third-order valence-corrected chi connectivity index (χ3v) is 13.4. The van der Waals surface area contributed by atoms with Crippen molar-refractivity contribution in [2.75, 3.05) is 6.61 Å². The van der Waals surface area contributed by atoms with Gasteiger partial charge in [-0.1, -0.05) is 54.5 Å². The summed E-state index contributed by atoms with van der Waals surface area (Å²) in [5.41, 5.74) is 3.62. The molecule has 5 aliphatic rings. The molecular formula is C30H50O. The van der Waals surface area contributed by atoms with Crippen molar-refractivity contribution in [2.45, 2.75) is 112 Å². The van der Waals surface area contributed by atoms with Crippen molar-refractivity contribution in [1.82, 2.24) is 0 Å². The number of hydrogen-bond donors (Lipinski definition) is 1. The Kier molecular flexibility index (Phi) is 4.98. The summed E-state index contributed by atoms with van der Waals surface area (Å²) < 4.78 is 0. The van der Waals surface area contributed by atoms with Gasteiger partial charge in [-0.3, -0.25) is 0 Å². The van der Waals surface area contributed by atoms with Crippen LogP contribution in [0, 0.1) is 56.7 Å². The first-order valence-corrected chi connectivity index (χ1v) is 13.7. The van der Waals surface area contributed by atoms with Crippen LogP contribution in [0.4, 0.5) is 0 Å². The number of fused-ring (bicyclic) bond motifs is 7. The van der Waals surface area contributed by atoms with Crippen LogP contribution >= 0.6 is 0 Å². The molecule has 5 saturated carbocycles. The van der Waals surface area contributed by atoms with E-state index in [0.29, 0.717) is 33.0 Å². The molecule has 0 aromatic rings. The molecule has 0 aliphatic heterocycles. The van der Waals surface area contributed by atoms with Crippen LogP contribution in [0.3, 0.4) is 0 Å². The summed E-state index contributed by atoms with van der Waals surface area (Å²) in [5.74, 6) is 4.00. The van der Waals surface area contributed by atoms with Gasteiger partial charge in [0, 0.05) is 0 Å². The minimum absolute atomic E-state index is 0.189. The van der Waals surface area contributed by atoms with Crippen LogP contribution in [0.15, 0.2) is 12.2 Å². The Hall–Kier alpha value is -0.300. The van der Waals surface area contributed by atoms with E-state index in [4.69, 9.17) is 0 Å². The molecule has 5 aliphatic carbocycles. The molecule has 9 unspecified atom stereocenters. The number of aliphatic hydroxyl groups is 1. The fraction of sp³-hybridized carbons (Fsp3) is 0.933. The van der Waals surface area contributed by atoms with Crippen molar-refractivity contribution < 1.29 is 5.11 Å². The molecule has 0 spiro atoms. The van der Waals surface area contributed by atoms with Crippen molar-refractivity contribution in [3.8, 4) is 0 Å². The van der Waals surface area contributed by atoms with E-state index in [1.54, 1.807) is 0 Å². The zero-order valence-electron chi connectivity index (χ0n) is 21.5. The van der Waals surface area contributed by atoms with Crippen LogP contribution in [0.1, 0.15) is 112 Å². The second kappa shape index (κ2) is 6.86. The van der Waals surface area contributed by atoms with E-state index in [0.717, 1.165) is 29.2 Å². The van der Waals surface area contributed by atoms with Gasteiger partial charge in [0.2, 0.25) is 0 Å². The lowest BCUT2D eigenvalue weighted by atomic mass is 9.32. The van der Waals surface area contributed by atoms with Crippen LogP contribution in [0.5, 0.6) is 0 Å². The lowest BCUT2D eigenvalue weighted by Crippen LogP contribution is -2.65. The Morgan fingerprint density at radius 2 is 1.32 bits per heavy atom. The predicted molar refractivity (Wildman–Crippen MR) is 131 cm³/mol. The van der Waals surface area contributed by atoms with Gasteiger partial charge in [-0.05, 0) is 126 Å². The van der Waals surface area contributed by atoms with Crippen LogP contribution < -0.4 is 0 Å². The summed E-state index contributed by atoms with van der Waals surface area (Å²) in [7, 11) is 0. The largest absolute Gasteiger partial charge is 0.392 e. The topological polar surface area (TPSA) is 20.2 Å². The SMILES string of the molecule is C=C(CO)C1CCC2(C)C1CCC1(C)C2CCC2C3(C)CCCC(C)(C)C3CCC21C. The summed E-state index contributed by atoms with van der Waals surface area (Å²) in [6.45, 7) is 20.6. The molecule has 31 heavy (non-hydrogen) atoms. The predicted octanol–water partition coefficient (Wildman–Crippen LogP) is 8.03. The van der Waals surface area contributed by atoms with Crippen LogP contribution in [0.2, 0.25) is 0 Å². The van der Waals surface area contributed by atoms with Gasteiger partial charge in [-0.2, -0.15) is 0 Å². The molecule has 1 nitrogen and oxygen atoms in total. The Labute approximate surface area is 192 Å². The van der Waals surface area contributed by atoms with E-state index in [1.165, 1.54) is 70.6 Å². The summed E-state index contributed by atoms with van der Waals surface area (Å²) in [5, 5.41) is 9.83. The molecular weight excluding hydrogens is 376 g/mol. The van der Waals surface area contributed by atoms with E-state index < -0.39 is 0 Å². The normalized spacial score (nSPS) is 55.5. The first-order chi connectivity index (χ1) is 14.4. The number of hydrogen-bond acceptors (Lipinski definition) is 1. The van der Waals surface area contributed by atoms with E-state index in [-0.39, 0.29) is 6.61 Å². The van der Waals surface area contributed by atoms with Crippen LogP contribution in [0.25, 0.3) is 0 Å². The quantitative estimate of drug-likeness (QED) is 0.443. The molecule has 0 radical (unpaired) electrons. The first kappa shape index (κ1) is 22.5. The highest BCUT2D eigenvalue weighted by Gasteiger charge is 2.70. The van der Waals surface area contributed by atoms with Crippen molar-refractivity contribution in [3.05, 3.63) is 12.2 Å². The molecule has 9 atom stereocenters. The van der Waals surface area contributed by atoms with Gasteiger partial charge in [-0.25, -0.2) is 0 Å². The molecule has 5 rings (SSSR count). The molecule has 0 bridgehead atoms. The summed E-state index contributed by atoms with van der Waals surface area (Å²) >= 11 is 0. The van der Waals surface area contributed by atoms with Gasteiger partial charge < -0.3 is 5.11 Å². The lowest BCUT2D eigenvalue weighted by molar-refractivity contribution is -0.240. The zero-order valence-corrected chi connectivity index (χ0v) is 21.5. The van der Waals surface area contributed by atoms with Crippen molar-refractivity contribution in [3.63, 3.8) is 0 Å². The lowest BCUT2D eigenvalue weighted by Gasteiger charge is -2.73. The zero-order chi connectivity index (χ0) is 22.4. The summed E-state index contributed by atoms with van der Waals surface area (Å²) in [6, 6.07) is 0. The second-order valence-corrected chi connectivity index (χ2v) is 14.6. The maximum atomic E-state index is 9.83. The third-order valence-electron chi connectivity index (χ3n) is 13.4. The maximum absolute atomic E-state index is 9.83. The minimum Gasteiger partial charge on any atom is -0.392 e. The Balaban J connectivity index is 1.51. The van der Waals surface area contributed by atoms with Gasteiger partial charge in [0.25, 0.3) is 0 Å². The van der Waals surface area contributed by atoms with Gasteiger partial charge >= 0.3 is 0 Å². The van der Waals surface area contributed by atoms with Crippen LogP contribution in [-0.4, -0.2) is 11.7 Å². The number of aliphatic hydroxyl groups excluding tert-OH is 1. The van der Waals surface area contributed by atoms with E-state index >= 15 is 0 Å². The van der Waals surface area contributed by atoms with Gasteiger partial charge in [-0.15, -0.1) is 0 Å². The van der Waals surface area contributed by atoms with Crippen molar-refractivity contribution >= 4 is 0 Å². The molecule has 0 heterocycles. The molecule has 0 amide bonds. The Morgan fingerprint density at radius 3 is 1.97 bits per heavy atom. The molecule has 1 N–H and O–H groups in total. The molecule has 0 saturated heterocycles. The molecule has 5 fully saturated rings. The third kappa shape index (κ3) is 2.71. The van der Waals surface area contributed by atoms with Gasteiger partial charge in [0.1, 0.15) is 0 Å². The molecule has 0 aromatic heterocycles. The van der Waals surface area contributed by atoms with Gasteiger partial charge in [0.15, 0.2) is 0 Å². The second-order valence-electron chi connectivity index (χ2n) is 14.6. The average molecular weight is 427 g/mol. The fourth-order valence-corrected chi connectivity index (χ4v) is 11.9. The Morgan fingerprint density at radius 1 is 0.710 bits per heavy atom. The fourth-order valence-electron chi connectivity index (χ4n) is 11.9.